The zero-order valence-corrected chi connectivity index (χ0v) is 18.6. The van der Waals surface area contributed by atoms with Gasteiger partial charge in [-0.15, -0.1) is 0 Å². The van der Waals surface area contributed by atoms with Crippen LogP contribution in [0.3, 0.4) is 0 Å². The molecule has 2 saturated carbocycles. The zero-order valence-electron chi connectivity index (χ0n) is 18.6. The highest BCUT2D eigenvalue weighted by molar-refractivity contribution is 5.36. The number of allylic oxidation sites excluding steroid dienone is 1. The van der Waals surface area contributed by atoms with Gasteiger partial charge in [-0.1, -0.05) is 64.0 Å². The molecule has 0 unspecified atom stereocenters. The topological polar surface area (TPSA) is 33.0 Å². The minimum atomic E-state index is -0.469. The second-order valence-electron chi connectivity index (χ2n) is 9.46. The lowest BCUT2D eigenvalue weighted by Gasteiger charge is -2.38. The van der Waals surface area contributed by atoms with Crippen molar-refractivity contribution in [3.63, 3.8) is 0 Å². The second kappa shape index (κ2) is 12.1. The summed E-state index contributed by atoms with van der Waals surface area (Å²) in [6.07, 6.45) is 21.1. The summed E-state index contributed by atoms with van der Waals surface area (Å²) in [6.45, 7) is 2.68. The molecule has 0 bridgehead atoms. The number of rotatable bonds is 9. The molecule has 0 aliphatic heterocycles. The Morgan fingerprint density at radius 2 is 1.93 bits per heavy atom. The lowest BCUT2D eigenvalue weighted by Crippen LogP contribution is -2.26. The van der Waals surface area contributed by atoms with Crippen LogP contribution in [-0.4, -0.2) is 6.61 Å². The molecule has 3 heteroatoms. The van der Waals surface area contributed by atoms with Crippen LogP contribution in [0.1, 0.15) is 89.5 Å². The van der Waals surface area contributed by atoms with Crippen LogP contribution >= 0.6 is 0 Å². The van der Waals surface area contributed by atoms with Gasteiger partial charge in [0, 0.05) is 0 Å². The maximum Gasteiger partial charge on any atom is 0.166 e. The zero-order chi connectivity index (χ0) is 21.2. The first kappa shape index (κ1) is 22.9. The van der Waals surface area contributed by atoms with Crippen molar-refractivity contribution >= 4 is 0 Å². The summed E-state index contributed by atoms with van der Waals surface area (Å²) >= 11 is 0. The second-order valence-corrected chi connectivity index (χ2v) is 9.46. The minimum absolute atomic E-state index is 0.216. The van der Waals surface area contributed by atoms with Crippen LogP contribution < -0.4 is 4.74 Å². The quantitative estimate of drug-likeness (QED) is 0.306. The van der Waals surface area contributed by atoms with Gasteiger partial charge in [0.15, 0.2) is 11.6 Å². The fourth-order valence-corrected chi connectivity index (χ4v) is 5.59. The number of ether oxygens (including phenoxy) is 1. The summed E-state index contributed by atoms with van der Waals surface area (Å²) in [7, 11) is 0. The summed E-state index contributed by atoms with van der Waals surface area (Å²) in [4.78, 5) is 0. The largest absolute Gasteiger partial charge is 0.486 e. The molecule has 1 aromatic carbocycles. The smallest absolute Gasteiger partial charge is 0.166 e. The maximum atomic E-state index is 13.9. The van der Waals surface area contributed by atoms with Crippen molar-refractivity contribution in [1.29, 1.82) is 5.26 Å². The first-order chi connectivity index (χ1) is 14.7. The van der Waals surface area contributed by atoms with E-state index in [-0.39, 0.29) is 5.75 Å². The van der Waals surface area contributed by atoms with E-state index < -0.39 is 5.82 Å². The number of benzene rings is 1. The minimum Gasteiger partial charge on any atom is -0.486 e. The Balaban J connectivity index is 1.36. The molecule has 0 N–H and O–H groups in total. The lowest BCUT2D eigenvalue weighted by atomic mass is 9.68. The Bertz CT molecular complexity index is 714. The van der Waals surface area contributed by atoms with Gasteiger partial charge in [-0.3, -0.25) is 0 Å². The van der Waals surface area contributed by atoms with E-state index in [4.69, 9.17) is 10.00 Å². The predicted octanol–water partition coefficient (Wildman–Crippen LogP) is 7.83. The van der Waals surface area contributed by atoms with Gasteiger partial charge in [0.25, 0.3) is 0 Å². The first-order valence-corrected chi connectivity index (χ1v) is 12.2. The summed E-state index contributed by atoms with van der Waals surface area (Å²) in [5, 5.41) is 8.80. The van der Waals surface area contributed by atoms with Gasteiger partial charge in [0.05, 0.1) is 11.6 Å². The molecule has 1 aromatic rings. The Morgan fingerprint density at radius 1 is 1.10 bits per heavy atom. The normalized spacial score (nSPS) is 27.1. The number of nitriles is 1. The van der Waals surface area contributed by atoms with Gasteiger partial charge < -0.3 is 4.74 Å². The van der Waals surface area contributed by atoms with Gasteiger partial charge in [-0.05, 0) is 74.0 Å². The average molecular weight is 412 g/mol. The monoisotopic (exact) mass is 411 g/mol. The molecule has 2 nitrogen and oxygen atoms in total. The fourth-order valence-electron chi connectivity index (χ4n) is 5.59. The van der Waals surface area contributed by atoms with Crippen LogP contribution in [0.25, 0.3) is 0 Å². The van der Waals surface area contributed by atoms with E-state index in [1.165, 1.54) is 89.2 Å². The fraction of sp³-hybridized carbons (Fsp3) is 0.667. The maximum absolute atomic E-state index is 13.9. The van der Waals surface area contributed by atoms with Crippen LogP contribution in [0, 0.1) is 40.8 Å². The number of hydrogen-bond donors (Lipinski definition) is 0. The SMILES string of the molecule is CCCCC[C@H]1CCC[C@H](C2CCC(/C=C/COc3ccc(C#N)cc3F)CC2)C1. The third-order valence-electron chi connectivity index (χ3n) is 7.33. The van der Waals surface area contributed by atoms with Crippen molar-refractivity contribution in [3.05, 3.63) is 41.7 Å². The van der Waals surface area contributed by atoms with Crippen LogP contribution in [0.15, 0.2) is 30.4 Å². The molecule has 0 spiro atoms. The molecular formula is C27H38FNO. The Hall–Kier alpha value is -1.82. The highest BCUT2D eigenvalue weighted by Crippen LogP contribution is 2.43. The molecule has 0 saturated heterocycles. The molecule has 2 atom stereocenters. The number of nitrogens with zero attached hydrogens (tertiary/aromatic N) is 1. The van der Waals surface area contributed by atoms with Crippen molar-refractivity contribution in [3.8, 4) is 11.8 Å². The van der Waals surface area contributed by atoms with E-state index in [1.807, 2.05) is 12.1 Å². The van der Waals surface area contributed by atoms with Gasteiger partial charge >= 0.3 is 0 Å². The standard InChI is InChI=1S/C27H38FNO/c1-2-3-4-7-22-8-5-10-25(18-22)24-14-11-21(12-15-24)9-6-17-30-27-16-13-23(20-29)19-26(27)28/h6,9,13,16,19,21-22,24-25H,2-5,7-8,10-12,14-15,17-18H2,1H3/b9-6+/t21?,22-,24?,25-/m0/s1. The van der Waals surface area contributed by atoms with E-state index in [1.54, 1.807) is 6.07 Å². The predicted molar refractivity (Wildman–Crippen MR) is 121 cm³/mol. The summed E-state index contributed by atoms with van der Waals surface area (Å²) in [5.41, 5.74) is 0.317. The van der Waals surface area contributed by atoms with Crippen LogP contribution in [0.5, 0.6) is 5.75 Å². The molecule has 2 aliphatic rings. The number of halogens is 1. The van der Waals surface area contributed by atoms with Crippen molar-refractivity contribution in [2.75, 3.05) is 6.61 Å². The van der Waals surface area contributed by atoms with Crippen molar-refractivity contribution in [2.45, 2.75) is 84.0 Å². The van der Waals surface area contributed by atoms with E-state index in [2.05, 4.69) is 13.0 Å². The lowest BCUT2D eigenvalue weighted by molar-refractivity contribution is 0.143. The van der Waals surface area contributed by atoms with Gasteiger partial charge in [0.1, 0.15) is 6.61 Å². The third-order valence-corrected chi connectivity index (χ3v) is 7.33. The molecule has 3 rings (SSSR count). The molecular weight excluding hydrogens is 373 g/mol. The average Bonchev–Trinajstić information content (AvgIpc) is 2.78. The summed E-state index contributed by atoms with van der Waals surface area (Å²) < 4.78 is 19.4. The highest BCUT2D eigenvalue weighted by Gasteiger charge is 2.30. The van der Waals surface area contributed by atoms with Gasteiger partial charge in [0.2, 0.25) is 0 Å². The Morgan fingerprint density at radius 3 is 2.67 bits per heavy atom. The molecule has 0 heterocycles. The van der Waals surface area contributed by atoms with E-state index in [0.717, 1.165) is 17.8 Å². The molecule has 0 amide bonds. The Kier molecular flexibility index (Phi) is 9.25. The van der Waals surface area contributed by atoms with Crippen LogP contribution in [-0.2, 0) is 0 Å². The summed E-state index contributed by atoms with van der Waals surface area (Å²) in [6, 6.07) is 6.28. The summed E-state index contributed by atoms with van der Waals surface area (Å²) in [5.74, 6) is 3.29. The molecule has 2 fully saturated rings. The molecule has 0 radical (unpaired) electrons. The van der Waals surface area contributed by atoms with E-state index in [0.29, 0.717) is 18.1 Å². The van der Waals surface area contributed by atoms with E-state index >= 15 is 0 Å². The van der Waals surface area contributed by atoms with Crippen molar-refractivity contribution in [2.24, 2.45) is 23.7 Å². The Labute approximate surface area is 182 Å². The third kappa shape index (κ3) is 6.86. The van der Waals surface area contributed by atoms with Gasteiger partial charge in [-0.25, -0.2) is 4.39 Å². The van der Waals surface area contributed by atoms with Crippen LogP contribution in [0.4, 0.5) is 4.39 Å². The molecule has 2 aliphatic carbocycles. The van der Waals surface area contributed by atoms with Crippen molar-refractivity contribution in [1.82, 2.24) is 0 Å². The highest BCUT2D eigenvalue weighted by atomic mass is 19.1. The number of unbranched alkanes of at least 4 members (excludes halogenated alkanes) is 2. The van der Waals surface area contributed by atoms with Gasteiger partial charge in [-0.2, -0.15) is 5.26 Å². The molecule has 164 valence electrons. The van der Waals surface area contributed by atoms with Crippen LogP contribution in [0.2, 0.25) is 0 Å². The van der Waals surface area contributed by atoms with Crippen molar-refractivity contribution < 1.29 is 9.13 Å². The van der Waals surface area contributed by atoms with E-state index in [9.17, 15) is 4.39 Å². The molecule has 0 aromatic heterocycles. The molecule has 30 heavy (non-hydrogen) atoms. The number of hydrogen-bond acceptors (Lipinski definition) is 2. The first-order valence-electron chi connectivity index (χ1n) is 12.2.